The van der Waals surface area contributed by atoms with Crippen LogP contribution in [0.15, 0.2) is 71.6 Å². The molecule has 6 nitrogen and oxygen atoms in total. The van der Waals surface area contributed by atoms with Gasteiger partial charge in [0.15, 0.2) is 0 Å². The van der Waals surface area contributed by atoms with E-state index in [0.29, 0.717) is 23.4 Å². The number of allylic oxidation sites excluding steroid dienone is 3. The predicted octanol–water partition coefficient (Wildman–Crippen LogP) is 4.09. The second kappa shape index (κ2) is 8.91. The fourth-order valence-electron chi connectivity index (χ4n) is 4.78. The Morgan fingerprint density at radius 2 is 1.69 bits per heavy atom. The van der Waals surface area contributed by atoms with Crippen molar-refractivity contribution < 1.29 is 23.8 Å². The maximum absolute atomic E-state index is 13.6. The van der Waals surface area contributed by atoms with Gasteiger partial charge in [-0.2, -0.15) is 0 Å². The maximum Gasteiger partial charge on any atom is 0.336 e. The van der Waals surface area contributed by atoms with E-state index < -0.39 is 17.8 Å². The molecular weight excluding hydrogens is 406 g/mol. The van der Waals surface area contributed by atoms with Crippen molar-refractivity contribution in [2.75, 3.05) is 21.3 Å². The van der Waals surface area contributed by atoms with Gasteiger partial charge in [0.2, 0.25) is 0 Å². The third-order valence-electron chi connectivity index (χ3n) is 6.29. The quantitative estimate of drug-likeness (QED) is 0.716. The zero-order valence-electron chi connectivity index (χ0n) is 18.7. The molecule has 0 saturated heterocycles. The van der Waals surface area contributed by atoms with Crippen molar-refractivity contribution >= 4 is 11.8 Å². The lowest BCUT2D eigenvalue weighted by molar-refractivity contribution is -0.136. The van der Waals surface area contributed by atoms with E-state index in [1.165, 1.54) is 7.11 Å². The molecule has 2 aliphatic rings. The first-order valence-electron chi connectivity index (χ1n) is 10.6. The Hall–Kier alpha value is -3.54. The number of ketones is 1. The molecule has 166 valence electrons. The van der Waals surface area contributed by atoms with E-state index in [4.69, 9.17) is 14.2 Å². The SMILES string of the molecule is COC(=O)C1=C(C)NC2=CC(c3ccc(OC)cc3)CC(=O)C2C1c1ccccc1OC. The highest BCUT2D eigenvalue weighted by Gasteiger charge is 2.45. The average Bonchev–Trinajstić information content (AvgIpc) is 2.82. The number of ether oxygens (including phenoxy) is 3. The molecule has 6 heteroatoms. The molecule has 0 spiro atoms. The summed E-state index contributed by atoms with van der Waals surface area (Å²) in [6.45, 7) is 1.84. The molecule has 4 rings (SSSR count). The summed E-state index contributed by atoms with van der Waals surface area (Å²) in [6, 6.07) is 15.3. The number of rotatable bonds is 5. The van der Waals surface area contributed by atoms with E-state index in [9.17, 15) is 9.59 Å². The van der Waals surface area contributed by atoms with Crippen LogP contribution in [0, 0.1) is 5.92 Å². The normalized spacial score (nSPS) is 22.4. The highest BCUT2D eigenvalue weighted by molar-refractivity contribution is 5.96. The number of hydrogen-bond donors (Lipinski definition) is 1. The number of Topliss-reactive ketones (excluding diaryl/α,β-unsaturated/α-hetero) is 1. The van der Waals surface area contributed by atoms with Gasteiger partial charge in [-0.15, -0.1) is 0 Å². The van der Waals surface area contributed by atoms with Gasteiger partial charge in [-0.3, -0.25) is 4.79 Å². The number of esters is 1. The lowest BCUT2D eigenvalue weighted by Gasteiger charge is -2.39. The fraction of sp³-hybridized carbons (Fsp3) is 0.308. The lowest BCUT2D eigenvalue weighted by atomic mass is 9.68. The zero-order chi connectivity index (χ0) is 22.8. The van der Waals surface area contributed by atoms with Gasteiger partial charge in [0.25, 0.3) is 0 Å². The Bertz CT molecular complexity index is 1100. The topological polar surface area (TPSA) is 73.9 Å². The van der Waals surface area contributed by atoms with Crippen LogP contribution in [0.3, 0.4) is 0 Å². The van der Waals surface area contributed by atoms with E-state index in [2.05, 4.69) is 11.4 Å². The van der Waals surface area contributed by atoms with Crippen molar-refractivity contribution in [3.63, 3.8) is 0 Å². The second-order valence-corrected chi connectivity index (χ2v) is 8.02. The molecule has 1 heterocycles. The van der Waals surface area contributed by atoms with Crippen LogP contribution in [-0.2, 0) is 14.3 Å². The number of carbonyl (C=O) groups is 2. The maximum atomic E-state index is 13.6. The number of nitrogens with one attached hydrogen (secondary N) is 1. The fourth-order valence-corrected chi connectivity index (χ4v) is 4.78. The first-order chi connectivity index (χ1) is 15.5. The van der Waals surface area contributed by atoms with Crippen LogP contribution in [0.25, 0.3) is 0 Å². The van der Waals surface area contributed by atoms with Gasteiger partial charge in [0, 0.05) is 35.2 Å². The number of methoxy groups -OCH3 is 3. The molecule has 32 heavy (non-hydrogen) atoms. The van der Waals surface area contributed by atoms with Crippen LogP contribution in [-0.4, -0.2) is 33.1 Å². The Kier molecular flexibility index (Phi) is 6.04. The highest BCUT2D eigenvalue weighted by atomic mass is 16.5. The van der Waals surface area contributed by atoms with Gasteiger partial charge in [-0.05, 0) is 30.7 Å². The monoisotopic (exact) mass is 433 g/mol. The molecule has 1 N–H and O–H groups in total. The van der Waals surface area contributed by atoms with Gasteiger partial charge in [-0.25, -0.2) is 4.79 Å². The van der Waals surface area contributed by atoms with Crippen molar-refractivity contribution in [1.82, 2.24) is 5.32 Å². The third kappa shape index (κ3) is 3.77. The Labute approximate surface area is 187 Å². The summed E-state index contributed by atoms with van der Waals surface area (Å²) >= 11 is 0. The minimum Gasteiger partial charge on any atom is -0.497 e. The van der Waals surface area contributed by atoms with Gasteiger partial charge in [0.05, 0.1) is 32.8 Å². The predicted molar refractivity (Wildman–Crippen MR) is 121 cm³/mol. The molecule has 2 aromatic carbocycles. The molecule has 1 aliphatic carbocycles. The Morgan fingerprint density at radius 3 is 2.34 bits per heavy atom. The van der Waals surface area contributed by atoms with Crippen LogP contribution in [0.5, 0.6) is 11.5 Å². The molecule has 0 radical (unpaired) electrons. The molecule has 0 aromatic heterocycles. The minimum absolute atomic E-state index is 0.0575. The van der Waals surface area contributed by atoms with Crippen molar-refractivity contribution in [2.45, 2.75) is 25.2 Å². The first-order valence-corrected chi connectivity index (χ1v) is 10.6. The van der Waals surface area contributed by atoms with Gasteiger partial charge < -0.3 is 19.5 Å². The van der Waals surface area contributed by atoms with Crippen LogP contribution in [0.2, 0.25) is 0 Å². The summed E-state index contributed by atoms with van der Waals surface area (Å²) in [4.78, 5) is 26.3. The molecule has 0 amide bonds. The summed E-state index contributed by atoms with van der Waals surface area (Å²) in [6.07, 6.45) is 2.45. The van der Waals surface area contributed by atoms with Crippen LogP contribution in [0.4, 0.5) is 0 Å². The number of para-hydroxylation sites is 1. The third-order valence-corrected chi connectivity index (χ3v) is 6.29. The molecule has 2 aromatic rings. The van der Waals surface area contributed by atoms with E-state index in [1.54, 1.807) is 14.2 Å². The van der Waals surface area contributed by atoms with E-state index in [-0.39, 0.29) is 11.7 Å². The molecule has 1 aliphatic heterocycles. The number of benzene rings is 2. The molecule has 3 atom stereocenters. The number of carbonyl (C=O) groups excluding carboxylic acids is 2. The standard InChI is InChI=1S/C26H27NO5/c1-15-23(26(29)32-4)24(19-7-5-6-8-22(19)31-3)25-20(27-15)13-17(14-21(25)28)16-9-11-18(30-2)12-10-16/h5-13,17,24-25,27H,14H2,1-4H3. The summed E-state index contributed by atoms with van der Waals surface area (Å²) in [5.74, 6) is -0.0319. The van der Waals surface area contributed by atoms with Crippen LogP contribution in [0.1, 0.15) is 36.3 Å². The van der Waals surface area contributed by atoms with Crippen LogP contribution >= 0.6 is 0 Å². The number of fused-ring (bicyclic) bond motifs is 1. The lowest BCUT2D eigenvalue weighted by Crippen LogP contribution is -2.41. The summed E-state index contributed by atoms with van der Waals surface area (Å²) in [5, 5.41) is 3.33. The van der Waals surface area contributed by atoms with E-state index in [0.717, 1.165) is 22.6 Å². The van der Waals surface area contributed by atoms with Crippen LogP contribution < -0.4 is 14.8 Å². The van der Waals surface area contributed by atoms with Gasteiger partial charge >= 0.3 is 5.97 Å². The number of hydrogen-bond acceptors (Lipinski definition) is 6. The summed E-state index contributed by atoms with van der Waals surface area (Å²) < 4.78 is 15.9. The Balaban J connectivity index is 1.83. The summed E-state index contributed by atoms with van der Waals surface area (Å²) in [5.41, 5.74) is 3.78. The first kappa shape index (κ1) is 21.7. The molecule has 0 bridgehead atoms. The molecule has 3 unspecified atom stereocenters. The molecule has 0 saturated carbocycles. The van der Waals surface area contributed by atoms with Crippen molar-refractivity contribution in [1.29, 1.82) is 0 Å². The summed E-state index contributed by atoms with van der Waals surface area (Å²) in [7, 11) is 4.58. The molecule has 0 fully saturated rings. The Morgan fingerprint density at radius 1 is 0.969 bits per heavy atom. The highest BCUT2D eigenvalue weighted by Crippen LogP contribution is 2.48. The minimum atomic E-state index is -0.515. The average molecular weight is 434 g/mol. The van der Waals surface area contributed by atoms with Crippen molar-refractivity contribution in [3.05, 3.63) is 82.7 Å². The van der Waals surface area contributed by atoms with E-state index in [1.807, 2.05) is 55.5 Å². The smallest absolute Gasteiger partial charge is 0.336 e. The molecular formula is C26H27NO5. The van der Waals surface area contributed by atoms with Gasteiger partial charge in [0.1, 0.15) is 17.3 Å². The zero-order valence-corrected chi connectivity index (χ0v) is 18.7. The van der Waals surface area contributed by atoms with E-state index >= 15 is 0 Å². The second-order valence-electron chi connectivity index (χ2n) is 8.02. The largest absolute Gasteiger partial charge is 0.497 e. The van der Waals surface area contributed by atoms with Gasteiger partial charge in [-0.1, -0.05) is 36.4 Å². The van der Waals surface area contributed by atoms with Crippen molar-refractivity contribution in [3.8, 4) is 11.5 Å². The van der Waals surface area contributed by atoms with Crippen molar-refractivity contribution in [2.24, 2.45) is 5.92 Å².